The van der Waals surface area contributed by atoms with Gasteiger partial charge in [-0.1, -0.05) is 11.6 Å². The molecule has 1 aromatic heterocycles. The Labute approximate surface area is 117 Å². The number of hydrogen-bond acceptors (Lipinski definition) is 3. The van der Waals surface area contributed by atoms with Crippen molar-refractivity contribution in [2.45, 2.75) is 13.3 Å². The molecule has 1 aliphatic rings. The SMILES string of the molecule is Cc1cc(Cl)c(NCC2CCOC2)c2cccnc12. The van der Waals surface area contributed by atoms with E-state index < -0.39 is 0 Å². The van der Waals surface area contributed by atoms with Crippen LogP contribution < -0.4 is 5.32 Å². The molecular formula is C15H17ClN2O. The fourth-order valence-corrected chi connectivity index (χ4v) is 2.88. The number of hydrogen-bond donors (Lipinski definition) is 1. The van der Waals surface area contributed by atoms with Crippen molar-refractivity contribution in [1.82, 2.24) is 4.98 Å². The van der Waals surface area contributed by atoms with Gasteiger partial charge in [0.25, 0.3) is 0 Å². The average Bonchev–Trinajstić information content (AvgIpc) is 2.92. The highest BCUT2D eigenvalue weighted by Crippen LogP contribution is 2.33. The minimum atomic E-state index is 0.573. The first-order chi connectivity index (χ1) is 9.25. The lowest BCUT2D eigenvalue weighted by atomic mass is 10.1. The second-order valence-corrected chi connectivity index (χ2v) is 5.47. The number of aromatic nitrogens is 1. The Morgan fingerprint density at radius 2 is 2.42 bits per heavy atom. The first-order valence-corrected chi connectivity index (χ1v) is 6.99. The highest BCUT2D eigenvalue weighted by molar-refractivity contribution is 6.35. The summed E-state index contributed by atoms with van der Waals surface area (Å²) in [5.74, 6) is 0.573. The summed E-state index contributed by atoms with van der Waals surface area (Å²) in [7, 11) is 0. The third-order valence-electron chi connectivity index (χ3n) is 3.62. The molecule has 1 aliphatic heterocycles. The van der Waals surface area contributed by atoms with Gasteiger partial charge in [0, 0.05) is 30.7 Å². The van der Waals surface area contributed by atoms with Crippen molar-refractivity contribution in [3.8, 4) is 0 Å². The Balaban J connectivity index is 1.93. The van der Waals surface area contributed by atoms with Gasteiger partial charge < -0.3 is 10.1 Å². The molecule has 4 heteroatoms. The van der Waals surface area contributed by atoms with Crippen LogP contribution in [0.5, 0.6) is 0 Å². The third-order valence-corrected chi connectivity index (χ3v) is 3.92. The molecule has 100 valence electrons. The summed E-state index contributed by atoms with van der Waals surface area (Å²) >= 11 is 6.37. The number of halogens is 1. The molecular weight excluding hydrogens is 260 g/mol. The van der Waals surface area contributed by atoms with Gasteiger partial charge in [-0.15, -0.1) is 0 Å². The molecule has 1 atom stereocenters. The largest absolute Gasteiger partial charge is 0.383 e. The van der Waals surface area contributed by atoms with Crippen molar-refractivity contribution in [3.05, 3.63) is 35.0 Å². The summed E-state index contributed by atoms with van der Waals surface area (Å²) in [6.07, 6.45) is 2.94. The van der Waals surface area contributed by atoms with Gasteiger partial charge in [-0.25, -0.2) is 0 Å². The predicted octanol–water partition coefficient (Wildman–Crippen LogP) is 3.65. The number of pyridine rings is 1. The summed E-state index contributed by atoms with van der Waals surface area (Å²) in [5, 5.41) is 5.32. The van der Waals surface area contributed by atoms with Gasteiger partial charge in [0.2, 0.25) is 0 Å². The van der Waals surface area contributed by atoms with E-state index in [2.05, 4.69) is 16.4 Å². The maximum Gasteiger partial charge on any atom is 0.0752 e. The van der Waals surface area contributed by atoms with E-state index in [1.165, 1.54) is 0 Å². The average molecular weight is 277 g/mol. The Morgan fingerprint density at radius 3 is 3.21 bits per heavy atom. The zero-order valence-corrected chi connectivity index (χ0v) is 11.7. The minimum Gasteiger partial charge on any atom is -0.383 e. The fraction of sp³-hybridized carbons (Fsp3) is 0.400. The summed E-state index contributed by atoms with van der Waals surface area (Å²) in [5.41, 5.74) is 3.11. The molecule has 1 fully saturated rings. The third kappa shape index (κ3) is 2.53. The van der Waals surface area contributed by atoms with E-state index in [9.17, 15) is 0 Å². The molecule has 3 nitrogen and oxygen atoms in total. The van der Waals surface area contributed by atoms with E-state index in [4.69, 9.17) is 16.3 Å². The molecule has 19 heavy (non-hydrogen) atoms. The molecule has 2 heterocycles. The van der Waals surface area contributed by atoms with Gasteiger partial charge >= 0.3 is 0 Å². The summed E-state index contributed by atoms with van der Waals surface area (Å²) < 4.78 is 5.40. The second kappa shape index (κ2) is 5.35. The van der Waals surface area contributed by atoms with Crippen molar-refractivity contribution in [1.29, 1.82) is 0 Å². The van der Waals surface area contributed by atoms with Crippen LogP contribution in [0.2, 0.25) is 5.02 Å². The summed E-state index contributed by atoms with van der Waals surface area (Å²) in [6, 6.07) is 5.99. The molecule has 1 N–H and O–H groups in total. The molecule has 0 saturated carbocycles. The van der Waals surface area contributed by atoms with Crippen LogP contribution in [0.1, 0.15) is 12.0 Å². The van der Waals surface area contributed by atoms with Crippen LogP contribution >= 0.6 is 11.6 Å². The van der Waals surface area contributed by atoms with E-state index in [0.29, 0.717) is 5.92 Å². The number of anilines is 1. The molecule has 3 rings (SSSR count). The molecule has 0 aliphatic carbocycles. The van der Waals surface area contributed by atoms with Crippen LogP contribution in [0.4, 0.5) is 5.69 Å². The Kier molecular flexibility index (Phi) is 3.58. The lowest BCUT2D eigenvalue weighted by Crippen LogP contribution is -2.14. The standard InChI is InChI=1S/C15H17ClN2O/c1-10-7-13(16)15(12-3-2-5-17-14(10)12)18-8-11-4-6-19-9-11/h2-3,5,7,11,18H,4,6,8-9H2,1H3. The number of nitrogens with zero attached hydrogens (tertiary/aromatic N) is 1. The molecule has 0 amide bonds. The van der Waals surface area contributed by atoms with E-state index >= 15 is 0 Å². The number of benzene rings is 1. The molecule has 0 bridgehead atoms. The second-order valence-electron chi connectivity index (χ2n) is 5.06. The van der Waals surface area contributed by atoms with Crippen molar-refractivity contribution < 1.29 is 4.74 Å². The smallest absolute Gasteiger partial charge is 0.0752 e. The van der Waals surface area contributed by atoms with Crippen molar-refractivity contribution in [2.24, 2.45) is 5.92 Å². The molecule has 0 spiro atoms. The van der Waals surface area contributed by atoms with Crippen LogP contribution in [-0.2, 0) is 4.74 Å². The van der Waals surface area contributed by atoms with Crippen LogP contribution in [-0.4, -0.2) is 24.7 Å². The monoisotopic (exact) mass is 276 g/mol. The predicted molar refractivity (Wildman–Crippen MR) is 78.9 cm³/mol. The lowest BCUT2D eigenvalue weighted by molar-refractivity contribution is 0.187. The van der Waals surface area contributed by atoms with E-state index in [1.807, 2.05) is 25.3 Å². The molecule has 2 aromatic rings. The maximum absolute atomic E-state index is 6.37. The van der Waals surface area contributed by atoms with Gasteiger partial charge in [0.1, 0.15) is 0 Å². The lowest BCUT2D eigenvalue weighted by Gasteiger charge is -2.15. The van der Waals surface area contributed by atoms with Crippen LogP contribution in [0.3, 0.4) is 0 Å². The maximum atomic E-state index is 6.37. The number of rotatable bonds is 3. The van der Waals surface area contributed by atoms with Crippen LogP contribution in [0.25, 0.3) is 10.9 Å². The van der Waals surface area contributed by atoms with E-state index in [1.54, 1.807) is 0 Å². The number of fused-ring (bicyclic) bond motifs is 1. The Morgan fingerprint density at radius 1 is 1.53 bits per heavy atom. The quantitative estimate of drug-likeness (QED) is 0.929. The molecule has 1 aromatic carbocycles. The summed E-state index contributed by atoms with van der Waals surface area (Å²) in [4.78, 5) is 4.44. The Hall–Kier alpha value is -1.32. The number of nitrogens with one attached hydrogen (secondary N) is 1. The highest BCUT2D eigenvalue weighted by Gasteiger charge is 2.17. The fourth-order valence-electron chi connectivity index (χ4n) is 2.55. The zero-order valence-electron chi connectivity index (χ0n) is 10.9. The normalized spacial score (nSPS) is 18.9. The molecule has 0 radical (unpaired) electrons. The van der Waals surface area contributed by atoms with Crippen molar-refractivity contribution in [3.63, 3.8) is 0 Å². The van der Waals surface area contributed by atoms with Gasteiger partial charge in [-0.3, -0.25) is 4.98 Å². The van der Waals surface area contributed by atoms with E-state index in [0.717, 1.165) is 53.4 Å². The van der Waals surface area contributed by atoms with Gasteiger partial charge in [-0.2, -0.15) is 0 Å². The first kappa shape index (κ1) is 12.7. The van der Waals surface area contributed by atoms with E-state index in [-0.39, 0.29) is 0 Å². The topological polar surface area (TPSA) is 34.1 Å². The number of aryl methyl sites for hydroxylation is 1. The summed E-state index contributed by atoms with van der Waals surface area (Å²) in [6.45, 7) is 4.64. The van der Waals surface area contributed by atoms with Gasteiger partial charge in [0.05, 0.1) is 22.8 Å². The molecule has 1 unspecified atom stereocenters. The van der Waals surface area contributed by atoms with Crippen molar-refractivity contribution in [2.75, 3.05) is 25.1 Å². The van der Waals surface area contributed by atoms with Crippen LogP contribution in [0.15, 0.2) is 24.4 Å². The zero-order chi connectivity index (χ0) is 13.2. The van der Waals surface area contributed by atoms with Gasteiger partial charge in [0.15, 0.2) is 0 Å². The van der Waals surface area contributed by atoms with Crippen molar-refractivity contribution >= 4 is 28.2 Å². The first-order valence-electron chi connectivity index (χ1n) is 6.61. The van der Waals surface area contributed by atoms with Gasteiger partial charge in [-0.05, 0) is 37.1 Å². The minimum absolute atomic E-state index is 0.573. The Bertz CT molecular complexity index is 594. The highest BCUT2D eigenvalue weighted by atomic mass is 35.5. The van der Waals surface area contributed by atoms with Crippen LogP contribution in [0, 0.1) is 12.8 Å². The molecule has 1 saturated heterocycles. The number of ether oxygens (including phenoxy) is 1.